The summed E-state index contributed by atoms with van der Waals surface area (Å²) in [7, 11) is 0. The van der Waals surface area contributed by atoms with E-state index in [1.165, 1.54) is 0 Å². The second-order valence-corrected chi connectivity index (χ2v) is 3.03. The fraction of sp³-hybridized carbons (Fsp3) is 0.500. The molecule has 0 fully saturated rings. The third kappa shape index (κ3) is 8.06. The summed E-state index contributed by atoms with van der Waals surface area (Å²) >= 11 is 0. The topological polar surface area (TPSA) is 138 Å². The number of ether oxygens (including phenoxy) is 1. The van der Waals surface area contributed by atoms with Crippen molar-refractivity contribution in [2.45, 2.75) is 25.4 Å². The Morgan fingerprint density at radius 3 is 1.50 bits per heavy atom. The molecule has 0 aliphatic heterocycles. The number of hydrogen-bond acceptors (Lipinski definition) is 5. The summed E-state index contributed by atoms with van der Waals surface area (Å²) in [5.41, 5.74) is -2.57. The smallest absolute Gasteiger partial charge is 1.00 e. The van der Waals surface area contributed by atoms with Crippen molar-refractivity contribution >= 4 is 23.9 Å². The van der Waals surface area contributed by atoms with Gasteiger partial charge >= 0.3 is 83.0 Å². The number of carbonyl (C=O) groups is 4. The Balaban J connectivity index is -0.000000187. The van der Waals surface area contributed by atoms with Gasteiger partial charge in [0.15, 0.2) is 0 Å². The second-order valence-electron chi connectivity index (χ2n) is 3.03. The fourth-order valence-corrected chi connectivity index (χ4v) is 1.09. The Hall–Kier alpha value is -0.120. The van der Waals surface area contributed by atoms with Gasteiger partial charge in [0.05, 0.1) is 12.8 Å². The summed E-state index contributed by atoms with van der Waals surface area (Å²) in [6, 6.07) is 0. The quantitative estimate of drug-likeness (QED) is 0.323. The van der Waals surface area contributed by atoms with Crippen molar-refractivity contribution in [1.82, 2.24) is 0 Å². The molecule has 0 aromatic heterocycles. The molecule has 3 N–H and O–H groups in total. The average Bonchev–Trinajstić information content (AvgIpc) is 1.98. The number of hydrogen-bond donors (Lipinski definition) is 3. The zero-order valence-corrected chi connectivity index (χ0v) is 14.3. The van der Waals surface area contributed by atoms with Crippen LogP contribution in [0, 0.1) is 0 Å². The molecule has 0 rings (SSSR count). The van der Waals surface area contributed by atoms with Gasteiger partial charge in [-0.05, 0) is 0 Å². The number of carboxylic acid groups (broad SMARTS) is 3. The van der Waals surface area contributed by atoms with Crippen LogP contribution in [0.2, 0.25) is 0 Å². The van der Waals surface area contributed by atoms with Crippen molar-refractivity contribution < 1.29 is 101 Å². The van der Waals surface area contributed by atoms with E-state index >= 15 is 0 Å². The first kappa shape index (κ1) is 23.0. The molecule has 0 radical (unpaired) electrons. The van der Waals surface area contributed by atoms with Crippen molar-refractivity contribution in [1.29, 1.82) is 0 Å². The maximum absolute atomic E-state index is 10.8. The van der Waals surface area contributed by atoms with Crippen molar-refractivity contribution in [3.05, 3.63) is 0 Å². The van der Waals surface area contributed by atoms with Crippen LogP contribution in [-0.2, 0) is 23.9 Å². The van der Waals surface area contributed by atoms with Crippen LogP contribution in [0.1, 0.15) is 22.6 Å². The zero-order valence-electron chi connectivity index (χ0n) is 12.3. The number of carbonyl (C=O) groups excluding carboxylic acids is 1. The van der Waals surface area contributed by atoms with Crippen LogP contribution < -0.4 is 59.1 Å². The number of aliphatic carboxylic acids is 3. The normalized spacial score (nSPS) is 9.39. The van der Waals surface area contributed by atoms with Crippen molar-refractivity contribution in [2.75, 3.05) is 0 Å². The second kappa shape index (κ2) is 9.76. The SMILES string of the molecule is CC(=O)OC(CC(=O)O)(CC(=O)O)C(=O)O.[H-].[H-].[Na+].[Na+]. The minimum absolute atomic E-state index is 0. The van der Waals surface area contributed by atoms with E-state index in [1.807, 2.05) is 0 Å². The molecule has 94 valence electrons. The van der Waals surface area contributed by atoms with E-state index in [2.05, 4.69) is 4.74 Å². The van der Waals surface area contributed by atoms with E-state index in [1.54, 1.807) is 0 Å². The predicted octanol–water partition coefficient (Wildman–Crippen LogP) is -6.44. The molecule has 0 unspecified atom stereocenters. The maximum Gasteiger partial charge on any atom is 1.00 e. The van der Waals surface area contributed by atoms with E-state index in [-0.39, 0.29) is 62.0 Å². The van der Waals surface area contributed by atoms with E-state index < -0.39 is 42.3 Å². The summed E-state index contributed by atoms with van der Waals surface area (Å²) in [6.45, 7) is 0.862. The maximum atomic E-state index is 10.8. The van der Waals surface area contributed by atoms with E-state index in [0.29, 0.717) is 0 Å². The molecule has 0 spiro atoms. The van der Waals surface area contributed by atoms with Crippen LogP contribution in [0.15, 0.2) is 0 Å². The first-order valence-electron chi connectivity index (χ1n) is 4.06. The molecular weight excluding hydrogens is 270 g/mol. The molecule has 0 saturated heterocycles. The van der Waals surface area contributed by atoms with Crippen LogP contribution in [0.3, 0.4) is 0 Å². The summed E-state index contributed by atoms with van der Waals surface area (Å²) in [5.74, 6) is -6.03. The molecule has 0 amide bonds. The molecule has 0 heterocycles. The van der Waals surface area contributed by atoms with Gasteiger partial charge in [-0.25, -0.2) is 4.79 Å². The Kier molecular flexibility index (Phi) is 12.5. The molecule has 0 aromatic rings. The van der Waals surface area contributed by atoms with Gasteiger partial charge in [0.25, 0.3) is 0 Å². The first-order chi connectivity index (χ1) is 7.19. The van der Waals surface area contributed by atoms with Crippen LogP contribution >= 0.6 is 0 Å². The molecule has 0 aromatic carbocycles. The molecule has 18 heavy (non-hydrogen) atoms. The van der Waals surface area contributed by atoms with Gasteiger partial charge in [-0.15, -0.1) is 0 Å². The number of rotatable bonds is 6. The van der Waals surface area contributed by atoms with Crippen LogP contribution in [-0.4, -0.2) is 44.8 Å². The van der Waals surface area contributed by atoms with Crippen LogP contribution in [0.4, 0.5) is 0 Å². The number of carboxylic acids is 3. The van der Waals surface area contributed by atoms with Crippen molar-refractivity contribution in [3.63, 3.8) is 0 Å². The molecular formula is C8H12Na2O8. The van der Waals surface area contributed by atoms with Gasteiger partial charge in [-0.2, -0.15) is 0 Å². The Morgan fingerprint density at radius 1 is 1.00 bits per heavy atom. The first-order valence-corrected chi connectivity index (χ1v) is 4.06. The minimum Gasteiger partial charge on any atom is -1.00 e. The van der Waals surface area contributed by atoms with Gasteiger partial charge in [0.1, 0.15) is 0 Å². The van der Waals surface area contributed by atoms with Gasteiger partial charge in [-0.1, -0.05) is 0 Å². The predicted molar refractivity (Wildman–Crippen MR) is 48.9 cm³/mol. The van der Waals surface area contributed by atoms with E-state index in [4.69, 9.17) is 15.3 Å². The van der Waals surface area contributed by atoms with Crippen LogP contribution in [0.25, 0.3) is 0 Å². The van der Waals surface area contributed by atoms with E-state index in [0.717, 1.165) is 6.92 Å². The van der Waals surface area contributed by atoms with Gasteiger partial charge in [0.2, 0.25) is 5.60 Å². The summed E-state index contributed by atoms with van der Waals surface area (Å²) in [4.78, 5) is 42.3. The molecule has 0 bridgehead atoms. The average molecular weight is 282 g/mol. The van der Waals surface area contributed by atoms with Crippen molar-refractivity contribution in [2.24, 2.45) is 0 Å². The molecule has 0 atom stereocenters. The Bertz CT molecular complexity index is 309. The molecule has 10 heteroatoms. The molecule has 8 nitrogen and oxygen atoms in total. The minimum atomic E-state index is -2.57. The van der Waals surface area contributed by atoms with E-state index in [9.17, 15) is 19.2 Å². The van der Waals surface area contributed by atoms with Gasteiger partial charge in [-0.3, -0.25) is 14.4 Å². The standard InChI is InChI=1S/C8H10O8.2Na.2H/c1-4(9)16-8(7(14)15,2-5(10)11)3-6(12)13;;;;/h2-3H2,1H3,(H,10,11)(H,12,13)(H,14,15);;;;/q;2*+1;2*-1. The Morgan fingerprint density at radius 2 is 1.33 bits per heavy atom. The summed E-state index contributed by atoms with van der Waals surface area (Å²) in [6.07, 6.45) is -2.23. The monoisotopic (exact) mass is 282 g/mol. The van der Waals surface area contributed by atoms with Gasteiger partial charge < -0.3 is 22.9 Å². The third-order valence-electron chi connectivity index (χ3n) is 1.60. The third-order valence-corrected chi connectivity index (χ3v) is 1.60. The fourth-order valence-electron chi connectivity index (χ4n) is 1.09. The van der Waals surface area contributed by atoms with Crippen LogP contribution in [0.5, 0.6) is 0 Å². The molecule has 0 aliphatic rings. The molecule has 0 aliphatic carbocycles. The molecule has 0 saturated carbocycles. The summed E-state index contributed by atoms with van der Waals surface area (Å²) < 4.78 is 4.32. The Labute approximate surface area is 149 Å². The number of esters is 1. The van der Waals surface area contributed by atoms with Gasteiger partial charge in [0, 0.05) is 6.92 Å². The zero-order chi connectivity index (χ0) is 12.9. The summed E-state index contributed by atoms with van der Waals surface area (Å²) in [5, 5.41) is 25.7. The largest absolute Gasteiger partial charge is 1.00 e. The van der Waals surface area contributed by atoms with Crippen molar-refractivity contribution in [3.8, 4) is 0 Å².